The fourth-order valence-corrected chi connectivity index (χ4v) is 2.70. The van der Waals surface area contributed by atoms with Crippen LogP contribution in [0, 0.1) is 0 Å². The predicted molar refractivity (Wildman–Crippen MR) is 80.8 cm³/mol. The second kappa shape index (κ2) is 6.48. The Bertz CT molecular complexity index is 739. The van der Waals surface area contributed by atoms with Crippen molar-refractivity contribution in [2.75, 3.05) is 19.9 Å². The van der Waals surface area contributed by atoms with Gasteiger partial charge in [-0.15, -0.1) is 0 Å². The average molecular weight is 331 g/mol. The summed E-state index contributed by atoms with van der Waals surface area (Å²) in [5, 5.41) is 6.75. The summed E-state index contributed by atoms with van der Waals surface area (Å²) in [4.78, 5) is 16.5. The lowest BCUT2D eigenvalue weighted by atomic mass is 10.2. The third-order valence-corrected chi connectivity index (χ3v) is 3.96. The van der Waals surface area contributed by atoms with Crippen LogP contribution in [0.1, 0.15) is 41.0 Å². The minimum Gasteiger partial charge on any atom is -0.454 e. The number of ether oxygens (including phenoxy) is 3. The van der Waals surface area contributed by atoms with Crippen LogP contribution in [0.15, 0.2) is 22.7 Å². The lowest BCUT2D eigenvalue weighted by molar-refractivity contribution is 0.0835. The number of fused-ring (bicyclic) bond motifs is 1. The summed E-state index contributed by atoms with van der Waals surface area (Å²) in [7, 11) is 0. The van der Waals surface area contributed by atoms with E-state index in [9.17, 15) is 4.79 Å². The molecular formula is C16H17N3O5. The van der Waals surface area contributed by atoms with E-state index in [0.29, 0.717) is 41.7 Å². The monoisotopic (exact) mass is 331 g/mol. The highest BCUT2D eigenvalue weighted by atomic mass is 16.7. The Labute approximate surface area is 138 Å². The number of hydrogen-bond acceptors (Lipinski definition) is 7. The van der Waals surface area contributed by atoms with Gasteiger partial charge < -0.3 is 24.1 Å². The van der Waals surface area contributed by atoms with Crippen molar-refractivity contribution >= 4 is 5.91 Å². The summed E-state index contributed by atoms with van der Waals surface area (Å²) in [6.07, 6.45) is 2.32. The third-order valence-electron chi connectivity index (χ3n) is 3.96. The van der Waals surface area contributed by atoms with Gasteiger partial charge >= 0.3 is 0 Å². The van der Waals surface area contributed by atoms with Crippen molar-refractivity contribution in [2.45, 2.75) is 25.4 Å². The predicted octanol–water partition coefficient (Wildman–Crippen LogP) is 1.62. The van der Waals surface area contributed by atoms with Crippen molar-refractivity contribution in [3.05, 3.63) is 35.5 Å². The molecule has 126 valence electrons. The van der Waals surface area contributed by atoms with Gasteiger partial charge in [0.05, 0.1) is 0 Å². The molecule has 0 spiro atoms. The summed E-state index contributed by atoms with van der Waals surface area (Å²) in [6.45, 7) is 1.33. The van der Waals surface area contributed by atoms with E-state index >= 15 is 0 Å². The molecule has 8 nitrogen and oxygen atoms in total. The van der Waals surface area contributed by atoms with Gasteiger partial charge in [-0.1, -0.05) is 5.16 Å². The normalized spacial score (nSPS) is 18.8. The zero-order chi connectivity index (χ0) is 16.4. The maximum Gasteiger partial charge on any atom is 0.255 e. The Balaban J connectivity index is 1.30. The van der Waals surface area contributed by atoms with Gasteiger partial charge in [0.1, 0.15) is 6.10 Å². The highest BCUT2D eigenvalue weighted by Gasteiger charge is 2.23. The summed E-state index contributed by atoms with van der Waals surface area (Å²) < 4.78 is 21.2. The molecule has 0 saturated carbocycles. The Morgan fingerprint density at radius 2 is 2.21 bits per heavy atom. The smallest absolute Gasteiger partial charge is 0.255 e. The molecule has 0 bridgehead atoms. The van der Waals surface area contributed by atoms with Crippen LogP contribution in [0.5, 0.6) is 11.5 Å². The molecule has 2 aliphatic rings. The zero-order valence-electron chi connectivity index (χ0n) is 13.0. The number of aromatic nitrogens is 2. The number of rotatable bonds is 5. The molecule has 0 radical (unpaired) electrons. The number of nitrogens with zero attached hydrogens (tertiary/aromatic N) is 2. The molecule has 2 aromatic rings. The van der Waals surface area contributed by atoms with Crippen LogP contribution in [0.3, 0.4) is 0 Å². The van der Waals surface area contributed by atoms with Crippen molar-refractivity contribution < 1.29 is 23.5 Å². The molecule has 1 atom stereocenters. The van der Waals surface area contributed by atoms with E-state index in [2.05, 4.69) is 15.5 Å². The first-order chi connectivity index (χ1) is 11.8. The average Bonchev–Trinajstić information content (AvgIpc) is 3.34. The molecule has 4 rings (SSSR count). The maximum atomic E-state index is 12.2. The minimum absolute atomic E-state index is 0.0885. The van der Waals surface area contributed by atoms with Gasteiger partial charge in [-0.05, 0) is 31.0 Å². The molecule has 1 N–H and O–H groups in total. The minimum atomic E-state index is -0.184. The largest absolute Gasteiger partial charge is 0.454 e. The first kappa shape index (κ1) is 14.9. The molecule has 0 unspecified atom stereocenters. The van der Waals surface area contributed by atoms with Crippen molar-refractivity contribution in [1.82, 2.24) is 15.5 Å². The third kappa shape index (κ3) is 3.05. The number of carbonyl (C=O) groups excluding carboxylic acids is 1. The molecule has 1 amide bonds. The number of amides is 1. The Hall–Kier alpha value is -2.61. The Morgan fingerprint density at radius 1 is 1.29 bits per heavy atom. The van der Waals surface area contributed by atoms with E-state index in [1.165, 1.54) is 0 Å². The van der Waals surface area contributed by atoms with Crippen LogP contribution in [0.25, 0.3) is 0 Å². The van der Waals surface area contributed by atoms with Crippen LogP contribution in [-0.2, 0) is 11.2 Å². The first-order valence-corrected chi connectivity index (χ1v) is 7.91. The number of carbonyl (C=O) groups is 1. The van der Waals surface area contributed by atoms with Gasteiger partial charge in [-0.25, -0.2) is 0 Å². The summed E-state index contributed by atoms with van der Waals surface area (Å²) in [5.74, 6) is 2.13. The molecule has 1 aromatic heterocycles. The fraction of sp³-hybridized carbons (Fsp3) is 0.438. The SMILES string of the molecule is O=C(NCCc1noc([C@@H]2CCCO2)n1)c1ccc2c(c1)OCO2. The molecule has 0 aliphatic carbocycles. The van der Waals surface area contributed by atoms with E-state index in [-0.39, 0.29) is 18.8 Å². The summed E-state index contributed by atoms with van der Waals surface area (Å²) in [6, 6.07) is 5.10. The molecule has 2 aliphatic heterocycles. The van der Waals surface area contributed by atoms with E-state index in [1.54, 1.807) is 18.2 Å². The van der Waals surface area contributed by atoms with Crippen LogP contribution < -0.4 is 14.8 Å². The Kier molecular flexibility index (Phi) is 4.04. The first-order valence-electron chi connectivity index (χ1n) is 7.91. The van der Waals surface area contributed by atoms with Crippen LogP contribution >= 0.6 is 0 Å². The second-order valence-corrected chi connectivity index (χ2v) is 5.62. The van der Waals surface area contributed by atoms with Crippen molar-refractivity contribution in [1.29, 1.82) is 0 Å². The van der Waals surface area contributed by atoms with Gasteiger partial charge in [0.15, 0.2) is 17.3 Å². The van der Waals surface area contributed by atoms with Gasteiger partial charge in [0, 0.05) is 25.1 Å². The number of hydrogen-bond donors (Lipinski definition) is 1. The molecule has 24 heavy (non-hydrogen) atoms. The second-order valence-electron chi connectivity index (χ2n) is 5.62. The quantitative estimate of drug-likeness (QED) is 0.889. The highest BCUT2D eigenvalue weighted by molar-refractivity contribution is 5.94. The number of benzene rings is 1. The van der Waals surface area contributed by atoms with Crippen LogP contribution in [0.4, 0.5) is 0 Å². The van der Waals surface area contributed by atoms with Crippen molar-refractivity contribution in [3.8, 4) is 11.5 Å². The maximum absolute atomic E-state index is 12.2. The van der Waals surface area contributed by atoms with Gasteiger partial charge in [-0.2, -0.15) is 4.98 Å². The van der Waals surface area contributed by atoms with E-state index < -0.39 is 0 Å². The van der Waals surface area contributed by atoms with Gasteiger partial charge in [0.25, 0.3) is 11.8 Å². The van der Waals surface area contributed by atoms with E-state index in [1.807, 2.05) is 0 Å². The molecule has 8 heteroatoms. The van der Waals surface area contributed by atoms with E-state index in [0.717, 1.165) is 19.4 Å². The lowest BCUT2D eigenvalue weighted by Gasteiger charge is -2.04. The Morgan fingerprint density at radius 3 is 3.08 bits per heavy atom. The highest BCUT2D eigenvalue weighted by Crippen LogP contribution is 2.32. The van der Waals surface area contributed by atoms with Gasteiger partial charge in [-0.3, -0.25) is 4.79 Å². The molecule has 3 heterocycles. The van der Waals surface area contributed by atoms with E-state index in [4.69, 9.17) is 18.7 Å². The lowest BCUT2D eigenvalue weighted by Crippen LogP contribution is -2.25. The van der Waals surface area contributed by atoms with Gasteiger partial charge in [0.2, 0.25) is 6.79 Å². The molecule has 1 aromatic carbocycles. The topological polar surface area (TPSA) is 95.7 Å². The zero-order valence-corrected chi connectivity index (χ0v) is 13.0. The molecular weight excluding hydrogens is 314 g/mol. The molecule has 1 fully saturated rings. The fourth-order valence-electron chi connectivity index (χ4n) is 2.70. The van der Waals surface area contributed by atoms with Crippen LogP contribution in [-0.4, -0.2) is 36.0 Å². The molecule has 1 saturated heterocycles. The van der Waals surface area contributed by atoms with Crippen molar-refractivity contribution in [3.63, 3.8) is 0 Å². The summed E-state index contributed by atoms with van der Waals surface area (Å²) >= 11 is 0. The summed E-state index contributed by atoms with van der Waals surface area (Å²) in [5.41, 5.74) is 0.521. The van der Waals surface area contributed by atoms with Crippen molar-refractivity contribution in [2.24, 2.45) is 0 Å². The number of nitrogens with one attached hydrogen (secondary N) is 1. The van der Waals surface area contributed by atoms with Crippen LogP contribution in [0.2, 0.25) is 0 Å². The standard InChI is InChI=1S/C16H17N3O5/c20-15(10-3-4-11-13(8-10)23-9-22-11)17-6-5-14-18-16(24-19-14)12-2-1-7-21-12/h3-4,8,12H,1-2,5-7,9H2,(H,17,20)/t12-/m0/s1.